The van der Waals surface area contributed by atoms with Crippen molar-refractivity contribution in [3.8, 4) is 0 Å². The fourth-order valence-corrected chi connectivity index (χ4v) is 3.33. The largest absolute Gasteiger partial charge is 0.478 e. The summed E-state index contributed by atoms with van der Waals surface area (Å²) in [7, 11) is 0. The van der Waals surface area contributed by atoms with Crippen LogP contribution in [0.5, 0.6) is 0 Å². The number of carboxylic acid groups (broad SMARTS) is 1. The number of unbranched alkanes of at least 4 members (excludes halogenated alkanes) is 3. The van der Waals surface area contributed by atoms with Crippen molar-refractivity contribution in [2.24, 2.45) is 0 Å². The Hall–Kier alpha value is -2.08. The van der Waals surface area contributed by atoms with Crippen LogP contribution < -0.4 is 5.32 Å². The van der Waals surface area contributed by atoms with E-state index in [9.17, 15) is 9.59 Å². The zero-order chi connectivity index (χ0) is 22.2. The maximum Gasteiger partial charge on any atom is 0.411 e. The molecule has 0 heterocycles. The summed E-state index contributed by atoms with van der Waals surface area (Å²) in [5.74, 6) is -0.990. The third kappa shape index (κ3) is 11.2. The van der Waals surface area contributed by atoms with Crippen molar-refractivity contribution in [3.63, 3.8) is 0 Å². The van der Waals surface area contributed by atoms with Crippen LogP contribution in [0.1, 0.15) is 88.9 Å². The SMILES string of the molecule is CCCCC(CCCN(CCCC)CCCC)OC(=O)Nc1ccc(C(=O)O)cc1. The van der Waals surface area contributed by atoms with Gasteiger partial charge in [0.2, 0.25) is 0 Å². The van der Waals surface area contributed by atoms with Gasteiger partial charge in [0.15, 0.2) is 0 Å². The maximum atomic E-state index is 12.3. The number of ether oxygens (including phenoxy) is 1. The number of hydrogen-bond donors (Lipinski definition) is 2. The zero-order valence-electron chi connectivity index (χ0n) is 19.0. The standard InChI is InChI=1S/C24H40N2O4/c1-4-7-11-22(12-10-19-26(17-8-5-2)18-9-6-3)30-24(29)25-21-15-13-20(14-16-21)23(27)28/h13-16,22H,4-12,17-19H2,1-3H3,(H,25,29)(H,27,28). The maximum absolute atomic E-state index is 12.3. The predicted octanol–water partition coefficient (Wildman–Crippen LogP) is 6.17. The van der Waals surface area contributed by atoms with Crippen molar-refractivity contribution in [3.05, 3.63) is 29.8 Å². The van der Waals surface area contributed by atoms with Crippen LogP contribution in [0.25, 0.3) is 0 Å². The van der Waals surface area contributed by atoms with Crippen LogP contribution in [0.3, 0.4) is 0 Å². The number of carboxylic acids is 1. The van der Waals surface area contributed by atoms with E-state index in [-0.39, 0.29) is 11.7 Å². The molecule has 0 aliphatic carbocycles. The van der Waals surface area contributed by atoms with Crippen LogP contribution in [0.2, 0.25) is 0 Å². The summed E-state index contributed by atoms with van der Waals surface area (Å²) in [6, 6.07) is 6.08. The van der Waals surface area contributed by atoms with E-state index in [1.54, 1.807) is 12.1 Å². The topological polar surface area (TPSA) is 78.9 Å². The van der Waals surface area contributed by atoms with Gasteiger partial charge in [-0.3, -0.25) is 5.32 Å². The van der Waals surface area contributed by atoms with Gasteiger partial charge < -0.3 is 14.7 Å². The van der Waals surface area contributed by atoms with Crippen molar-refractivity contribution < 1.29 is 19.4 Å². The number of anilines is 1. The van der Waals surface area contributed by atoms with Crippen LogP contribution in [-0.2, 0) is 4.74 Å². The number of nitrogens with one attached hydrogen (secondary N) is 1. The molecule has 0 radical (unpaired) electrons. The highest BCUT2D eigenvalue weighted by Gasteiger charge is 2.15. The van der Waals surface area contributed by atoms with E-state index in [0.29, 0.717) is 5.69 Å². The number of aromatic carboxylic acids is 1. The Bertz CT molecular complexity index is 596. The average Bonchev–Trinajstić information content (AvgIpc) is 2.73. The molecular formula is C24H40N2O4. The number of rotatable bonds is 16. The molecule has 1 rings (SSSR count). The molecule has 1 unspecified atom stereocenters. The summed E-state index contributed by atoms with van der Waals surface area (Å²) in [5.41, 5.74) is 0.718. The lowest BCUT2D eigenvalue weighted by Gasteiger charge is -2.24. The second-order valence-electron chi connectivity index (χ2n) is 7.87. The number of nitrogens with zero attached hydrogens (tertiary/aromatic N) is 1. The lowest BCUT2D eigenvalue weighted by atomic mass is 10.1. The summed E-state index contributed by atoms with van der Waals surface area (Å²) >= 11 is 0. The highest BCUT2D eigenvalue weighted by atomic mass is 16.6. The molecule has 1 amide bonds. The molecule has 2 N–H and O–H groups in total. The molecule has 170 valence electrons. The molecule has 0 aromatic heterocycles. The highest BCUT2D eigenvalue weighted by molar-refractivity contribution is 5.89. The molecule has 1 atom stereocenters. The molecular weight excluding hydrogens is 380 g/mol. The molecule has 0 aliphatic heterocycles. The van der Waals surface area contributed by atoms with E-state index in [4.69, 9.17) is 9.84 Å². The van der Waals surface area contributed by atoms with E-state index >= 15 is 0 Å². The Balaban J connectivity index is 2.52. The Morgan fingerprint density at radius 3 is 1.97 bits per heavy atom. The van der Waals surface area contributed by atoms with Crippen LogP contribution in [-0.4, -0.2) is 47.8 Å². The molecule has 0 saturated heterocycles. The van der Waals surface area contributed by atoms with E-state index in [1.165, 1.54) is 37.8 Å². The predicted molar refractivity (Wildman–Crippen MR) is 122 cm³/mol. The summed E-state index contributed by atoms with van der Waals surface area (Å²) in [4.78, 5) is 25.8. The normalized spacial score (nSPS) is 12.0. The molecule has 0 saturated carbocycles. The summed E-state index contributed by atoms with van der Waals surface area (Å²) in [6.45, 7) is 9.91. The monoisotopic (exact) mass is 420 g/mol. The van der Waals surface area contributed by atoms with E-state index in [2.05, 4.69) is 31.0 Å². The second-order valence-corrected chi connectivity index (χ2v) is 7.87. The number of carbonyl (C=O) groups is 2. The molecule has 1 aromatic rings. The molecule has 1 aromatic carbocycles. The number of hydrogen-bond acceptors (Lipinski definition) is 4. The van der Waals surface area contributed by atoms with E-state index < -0.39 is 12.1 Å². The van der Waals surface area contributed by atoms with Crippen molar-refractivity contribution >= 4 is 17.7 Å². The van der Waals surface area contributed by atoms with Crippen molar-refractivity contribution in [2.75, 3.05) is 25.0 Å². The molecule has 0 spiro atoms. The fourth-order valence-electron chi connectivity index (χ4n) is 3.33. The summed E-state index contributed by atoms with van der Waals surface area (Å²) in [6.07, 6.45) is 9.13. The molecule has 6 heteroatoms. The number of amides is 1. The third-order valence-corrected chi connectivity index (χ3v) is 5.19. The Kier molecular flexibility index (Phi) is 13.6. The van der Waals surface area contributed by atoms with Crippen LogP contribution in [0.4, 0.5) is 10.5 Å². The molecule has 0 bridgehead atoms. The van der Waals surface area contributed by atoms with Crippen LogP contribution in [0, 0.1) is 0 Å². The Morgan fingerprint density at radius 1 is 0.900 bits per heavy atom. The van der Waals surface area contributed by atoms with Gasteiger partial charge >= 0.3 is 12.1 Å². The van der Waals surface area contributed by atoms with Gasteiger partial charge in [0.1, 0.15) is 6.10 Å². The van der Waals surface area contributed by atoms with Crippen LogP contribution >= 0.6 is 0 Å². The van der Waals surface area contributed by atoms with Gasteiger partial charge in [-0.1, -0.05) is 46.5 Å². The van der Waals surface area contributed by atoms with Gasteiger partial charge in [0.25, 0.3) is 0 Å². The minimum atomic E-state index is -0.990. The smallest absolute Gasteiger partial charge is 0.411 e. The summed E-state index contributed by atoms with van der Waals surface area (Å²) < 4.78 is 5.69. The lowest BCUT2D eigenvalue weighted by molar-refractivity contribution is 0.0696. The quantitative estimate of drug-likeness (QED) is 0.334. The minimum Gasteiger partial charge on any atom is -0.478 e. The van der Waals surface area contributed by atoms with E-state index in [1.807, 2.05) is 0 Å². The fraction of sp³-hybridized carbons (Fsp3) is 0.667. The first-order valence-electron chi connectivity index (χ1n) is 11.5. The highest BCUT2D eigenvalue weighted by Crippen LogP contribution is 2.15. The van der Waals surface area contributed by atoms with Crippen molar-refractivity contribution in [2.45, 2.75) is 84.7 Å². The molecule has 0 fully saturated rings. The van der Waals surface area contributed by atoms with Gasteiger partial charge in [0, 0.05) is 5.69 Å². The van der Waals surface area contributed by atoms with Crippen LogP contribution in [0.15, 0.2) is 24.3 Å². The minimum absolute atomic E-state index is 0.0950. The Morgan fingerprint density at radius 2 is 1.43 bits per heavy atom. The first kappa shape index (κ1) is 26.0. The zero-order valence-corrected chi connectivity index (χ0v) is 19.0. The van der Waals surface area contributed by atoms with Gasteiger partial charge in [0.05, 0.1) is 5.56 Å². The summed E-state index contributed by atoms with van der Waals surface area (Å²) in [5, 5.41) is 11.7. The Labute approximate surface area is 182 Å². The van der Waals surface area contributed by atoms with Gasteiger partial charge in [-0.05, 0) is 76.0 Å². The molecule has 6 nitrogen and oxygen atoms in total. The molecule has 0 aliphatic rings. The number of carbonyl (C=O) groups excluding carboxylic acids is 1. The third-order valence-electron chi connectivity index (χ3n) is 5.19. The van der Waals surface area contributed by atoms with Gasteiger partial charge in [-0.15, -0.1) is 0 Å². The first-order chi connectivity index (χ1) is 14.5. The molecule has 30 heavy (non-hydrogen) atoms. The lowest BCUT2D eigenvalue weighted by Crippen LogP contribution is -2.29. The van der Waals surface area contributed by atoms with Gasteiger partial charge in [-0.2, -0.15) is 0 Å². The van der Waals surface area contributed by atoms with Crippen molar-refractivity contribution in [1.82, 2.24) is 4.90 Å². The van der Waals surface area contributed by atoms with Gasteiger partial charge in [-0.25, -0.2) is 9.59 Å². The first-order valence-corrected chi connectivity index (χ1v) is 11.5. The average molecular weight is 421 g/mol. The van der Waals surface area contributed by atoms with E-state index in [0.717, 1.165) is 51.7 Å². The second kappa shape index (κ2) is 15.7. The van der Waals surface area contributed by atoms with Crippen molar-refractivity contribution in [1.29, 1.82) is 0 Å². The number of benzene rings is 1.